The third kappa shape index (κ3) is 4.38. The number of benzene rings is 1. The van der Waals surface area contributed by atoms with Gasteiger partial charge in [0.2, 0.25) is 5.91 Å². The Bertz CT molecular complexity index is 1150. The SMILES string of the molecule is O=C(Cc1ccccc1)N1CCCC(Cn2ccc3cc(-c4cn[nH]c4)cnc32)CC1. The highest BCUT2D eigenvalue weighted by atomic mass is 16.2. The number of hydrogen-bond donors (Lipinski definition) is 1. The van der Waals surface area contributed by atoms with Gasteiger partial charge in [-0.15, -0.1) is 0 Å². The van der Waals surface area contributed by atoms with Crippen LogP contribution in [0.5, 0.6) is 0 Å². The predicted octanol–water partition coefficient (Wildman–Crippen LogP) is 4.30. The number of amides is 1. The number of carbonyl (C=O) groups is 1. The number of aromatic nitrogens is 4. The molecule has 1 aliphatic heterocycles. The highest BCUT2D eigenvalue weighted by molar-refractivity contribution is 5.81. The average molecular weight is 414 g/mol. The monoisotopic (exact) mass is 413 g/mol. The van der Waals surface area contributed by atoms with Crippen LogP contribution in [0.1, 0.15) is 24.8 Å². The summed E-state index contributed by atoms with van der Waals surface area (Å²) >= 11 is 0. The van der Waals surface area contributed by atoms with E-state index in [1.807, 2.05) is 48.9 Å². The summed E-state index contributed by atoms with van der Waals surface area (Å²) in [5.41, 5.74) is 4.23. The Morgan fingerprint density at radius 2 is 1.97 bits per heavy atom. The third-order valence-corrected chi connectivity index (χ3v) is 6.29. The molecule has 6 heteroatoms. The summed E-state index contributed by atoms with van der Waals surface area (Å²) in [6.45, 7) is 2.65. The molecule has 31 heavy (non-hydrogen) atoms. The molecule has 1 N–H and O–H groups in total. The molecule has 4 heterocycles. The second-order valence-corrected chi connectivity index (χ2v) is 8.43. The lowest BCUT2D eigenvalue weighted by Gasteiger charge is -2.21. The molecule has 0 aliphatic carbocycles. The Labute approximate surface area is 181 Å². The zero-order valence-electron chi connectivity index (χ0n) is 17.6. The van der Waals surface area contributed by atoms with Gasteiger partial charge in [-0.1, -0.05) is 30.3 Å². The Balaban J connectivity index is 1.23. The van der Waals surface area contributed by atoms with E-state index in [9.17, 15) is 4.79 Å². The number of nitrogens with zero attached hydrogens (tertiary/aromatic N) is 4. The minimum atomic E-state index is 0.242. The van der Waals surface area contributed by atoms with Crippen LogP contribution >= 0.6 is 0 Å². The minimum Gasteiger partial charge on any atom is -0.342 e. The quantitative estimate of drug-likeness (QED) is 0.531. The summed E-state index contributed by atoms with van der Waals surface area (Å²) < 4.78 is 2.26. The molecule has 0 bridgehead atoms. The van der Waals surface area contributed by atoms with Crippen molar-refractivity contribution in [3.63, 3.8) is 0 Å². The molecule has 1 saturated heterocycles. The standard InChI is InChI=1S/C25H27N5O/c31-24(13-19-5-2-1-3-6-19)29-10-4-7-20(8-11-29)18-30-12-9-21-14-22(15-26-25(21)30)23-16-27-28-17-23/h1-3,5-6,9,12,14-17,20H,4,7-8,10-11,13,18H2,(H,27,28). The predicted molar refractivity (Wildman–Crippen MR) is 121 cm³/mol. The van der Waals surface area contributed by atoms with Gasteiger partial charge in [-0.25, -0.2) is 4.98 Å². The van der Waals surface area contributed by atoms with Crippen molar-refractivity contribution in [2.75, 3.05) is 13.1 Å². The zero-order chi connectivity index (χ0) is 21.0. The third-order valence-electron chi connectivity index (χ3n) is 6.29. The molecule has 1 aliphatic rings. The van der Waals surface area contributed by atoms with E-state index in [4.69, 9.17) is 4.98 Å². The molecule has 0 spiro atoms. The van der Waals surface area contributed by atoms with Crippen LogP contribution in [0.3, 0.4) is 0 Å². The first kappa shape index (κ1) is 19.5. The fourth-order valence-corrected chi connectivity index (χ4v) is 4.55. The second-order valence-electron chi connectivity index (χ2n) is 8.43. The van der Waals surface area contributed by atoms with Gasteiger partial charge < -0.3 is 9.47 Å². The molecular formula is C25H27N5O. The molecule has 1 atom stereocenters. The summed E-state index contributed by atoms with van der Waals surface area (Å²) in [5, 5.41) is 8.03. The van der Waals surface area contributed by atoms with E-state index in [0.717, 1.165) is 66.6 Å². The fourth-order valence-electron chi connectivity index (χ4n) is 4.55. The van der Waals surface area contributed by atoms with Crippen LogP contribution in [0.25, 0.3) is 22.2 Å². The van der Waals surface area contributed by atoms with Crippen LogP contribution in [-0.4, -0.2) is 43.6 Å². The number of fused-ring (bicyclic) bond motifs is 1. The Hall–Kier alpha value is -3.41. The van der Waals surface area contributed by atoms with E-state index in [0.29, 0.717) is 12.3 Å². The van der Waals surface area contributed by atoms with Gasteiger partial charge in [0.05, 0.1) is 12.6 Å². The summed E-state index contributed by atoms with van der Waals surface area (Å²) in [6.07, 6.45) is 11.5. The van der Waals surface area contributed by atoms with Crippen molar-refractivity contribution in [2.24, 2.45) is 5.92 Å². The number of hydrogen-bond acceptors (Lipinski definition) is 3. The number of pyridine rings is 1. The topological polar surface area (TPSA) is 66.8 Å². The average Bonchev–Trinajstić information content (AvgIpc) is 3.40. The van der Waals surface area contributed by atoms with Crippen molar-refractivity contribution in [3.05, 3.63) is 72.8 Å². The normalized spacial score (nSPS) is 17.0. The van der Waals surface area contributed by atoms with Crippen LogP contribution < -0.4 is 0 Å². The van der Waals surface area contributed by atoms with E-state index in [1.54, 1.807) is 0 Å². The molecular weight excluding hydrogens is 386 g/mol. The summed E-state index contributed by atoms with van der Waals surface area (Å²) in [6, 6.07) is 14.3. The van der Waals surface area contributed by atoms with Crippen LogP contribution in [0.15, 0.2) is 67.3 Å². The van der Waals surface area contributed by atoms with Crippen molar-refractivity contribution in [3.8, 4) is 11.1 Å². The lowest BCUT2D eigenvalue weighted by atomic mass is 10.0. The Kier molecular flexibility index (Phi) is 5.52. The fraction of sp³-hybridized carbons (Fsp3) is 0.320. The van der Waals surface area contributed by atoms with Gasteiger partial charge >= 0.3 is 0 Å². The van der Waals surface area contributed by atoms with Gasteiger partial charge in [-0.2, -0.15) is 5.10 Å². The number of nitrogens with one attached hydrogen (secondary N) is 1. The van der Waals surface area contributed by atoms with E-state index >= 15 is 0 Å². The summed E-state index contributed by atoms with van der Waals surface area (Å²) in [7, 11) is 0. The van der Waals surface area contributed by atoms with E-state index in [-0.39, 0.29) is 5.91 Å². The first-order valence-electron chi connectivity index (χ1n) is 11.0. The van der Waals surface area contributed by atoms with E-state index in [2.05, 4.69) is 38.0 Å². The molecule has 1 aromatic carbocycles. The number of likely N-dealkylation sites (tertiary alicyclic amines) is 1. The van der Waals surface area contributed by atoms with Gasteiger partial charge in [0, 0.05) is 54.7 Å². The molecule has 0 radical (unpaired) electrons. The largest absolute Gasteiger partial charge is 0.342 e. The summed E-state index contributed by atoms with van der Waals surface area (Å²) in [5.74, 6) is 0.798. The van der Waals surface area contributed by atoms with Crippen molar-refractivity contribution >= 4 is 16.9 Å². The number of carbonyl (C=O) groups excluding carboxylic acids is 1. The van der Waals surface area contributed by atoms with Gasteiger partial charge in [-0.3, -0.25) is 9.89 Å². The lowest BCUT2D eigenvalue weighted by Crippen LogP contribution is -2.33. The molecule has 0 saturated carbocycles. The molecule has 6 nitrogen and oxygen atoms in total. The maximum Gasteiger partial charge on any atom is 0.226 e. The number of H-pyrrole nitrogens is 1. The minimum absolute atomic E-state index is 0.242. The van der Waals surface area contributed by atoms with Crippen LogP contribution in [0, 0.1) is 5.92 Å². The Morgan fingerprint density at radius 3 is 2.81 bits per heavy atom. The highest BCUT2D eigenvalue weighted by Gasteiger charge is 2.21. The second kappa shape index (κ2) is 8.76. The molecule has 1 amide bonds. The Morgan fingerprint density at radius 1 is 1.06 bits per heavy atom. The lowest BCUT2D eigenvalue weighted by molar-refractivity contribution is -0.130. The van der Waals surface area contributed by atoms with Gasteiger partial charge in [-0.05, 0) is 42.9 Å². The molecule has 4 aromatic rings. The molecule has 5 rings (SSSR count). The zero-order valence-corrected chi connectivity index (χ0v) is 17.6. The smallest absolute Gasteiger partial charge is 0.226 e. The van der Waals surface area contributed by atoms with Gasteiger partial charge in [0.25, 0.3) is 0 Å². The first-order chi connectivity index (χ1) is 15.3. The first-order valence-corrected chi connectivity index (χ1v) is 11.0. The molecule has 1 unspecified atom stereocenters. The van der Waals surface area contributed by atoms with E-state index in [1.165, 1.54) is 0 Å². The van der Waals surface area contributed by atoms with E-state index < -0.39 is 0 Å². The molecule has 3 aromatic heterocycles. The van der Waals surface area contributed by atoms with Crippen molar-refractivity contribution in [1.82, 2.24) is 24.6 Å². The number of rotatable bonds is 5. The van der Waals surface area contributed by atoms with Crippen LogP contribution in [0.4, 0.5) is 0 Å². The van der Waals surface area contributed by atoms with Crippen molar-refractivity contribution in [1.29, 1.82) is 0 Å². The molecule has 1 fully saturated rings. The molecule has 158 valence electrons. The van der Waals surface area contributed by atoms with Crippen molar-refractivity contribution < 1.29 is 4.79 Å². The van der Waals surface area contributed by atoms with Crippen LogP contribution in [0.2, 0.25) is 0 Å². The highest BCUT2D eigenvalue weighted by Crippen LogP contribution is 2.25. The maximum absolute atomic E-state index is 12.8. The van der Waals surface area contributed by atoms with Crippen molar-refractivity contribution in [2.45, 2.75) is 32.2 Å². The maximum atomic E-state index is 12.8. The van der Waals surface area contributed by atoms with Crippen LogP contribution in [-0.2, 0) is 17.8 Å². The van der Waals surface area contributed by atoms with Gasteiger partial charge in [0.1, 0.15) is 5.65 Å². The van der Waals surface area contributed by atoms with Gasteiger partial charge in [0.15, 0.2) is 0 Å². The number of aromatic amines is 1. The summed E-state index contributed by atoms with van der Waals surface area (Å²) in [4.78, 5) is 19.5.